The van der Waals surface area contributed by atoms with Gasteiger partial charge in [0, 0.05) is 5.56 Å². The summed E-state index contributed by atoms with van der Waals surface area (Å²) in [7, 11) is 0. The number of nitrogens with zero attached hydrogens (tertiary/aromatic N) is 1. The highest BCUT2D eigenvalue weighted by Gasteiger charge is 2.28. The summed E-state index contributed by atoms with van der Waals surface area (Å²) in [6.07, 6.45) is 1.10. The Bertz CT molecular complexity index is 576. The van der Waals surface area contributed by atoms with Crippen molar-refractivity contribution in [3.05, 3.63) is 34.9 Å². The second kappa shape index (κ2) is 5.63. The topological polar surface area (TPSA) is 96.9 Å². The van der Waals surface area contributed by atoms with E-state index in [9.17, 15) is 4.79 Å². The zero-order valence-electron chi connectivity index (χ0n) is 12.5. The third-order valence-corrected chi connectivity index (χ3v) is 3.35. The molecule has 0 aliphatic heterocycles. The molecule has 0 spiro atoms. The van der Waals surface area contributed by atoms with Crippen molar-refractivity contribution < 1.29 is 14.7 Å². The van der Waals surface area contributed by atoms with Crippen LogP contribution in [0.4, 0.5) is 4.79 Å². The van der Waals surface area contributed by atoms with E-state index in [1.807, 2.05) is 39.0 Å². The van der Waals surface area contributed by atoms with Gasteiger partial charge in [0.1, 0.15) is 5.60 Å². The van der Waals surface area contributed by atoms with Gasteiger partial charge in [-0.3, -0.25) is 0 Å². The maximum absolute atomic E-state index is 11.9. The van der Waals surface area contributed by atoms with E-state index in [0.717, 1.165) is 24.0 Å². The first kappa shape index (κ1) is 15.2. The summed E-state index contributed by atoms with van der Waals surface area (Å²) in [4.78, 5) is 11.9. The van der Waals surface area contributed by atoms with Crippen LogP contribution in [0.1, 0.15) is 49.9 Å². The van der Waals surface area contributed by atoms with Gasteiger partial charge in [-0.05, 0) is 44.7 Å². The number of benzene rings is 1. The van der Waals surface area contributed by atoms with E-state index >= 15 is 0 Å². The molecule has 0 bridgehead atoms. The first-order valence-corrected chi connectivity index (χ1v) is 6.91. The zero-order chi connectivity index (χ0) is 15.6. The molecule has 1 amide bonds. The number of carbonyl (C=O) groups excluding carboxylic acids is 1. The maximum atomic E-state index is 11.9. The van der Waals surface area contributed by atoms with E-state index in [1.165, 1.54) is 0 Å². The lowest BCUT2D eigenvalue weighted by Crippen LogP contribution is -2.34. The normalized spacial score (nSPS) is 18.2. The maximum Gasteiger partial charge on any atom is 0.408 e. The van der Waals surface area contributed by atoms with Crippen LogP contribution >= 0.6 is 0 Å². The zero-order valence-corrected chi connectivity index (χ0v) is 12.5. The van der Waals surface area contributed by atoms with Crippen LogP contribution in [0.2, 0.25) is 0 Å². The molecule has 1 aromatic rings. The number of rotatable bonds is 2. The van der Waals surface area contributed by atoms with E-state index in [1.54, 1.807) is 0 Å². The molecule has 21 heavy (non-hydrogen) atoms. The third kappa shape index (κ3) is 3.45. The van der Waals surface area contributed by atoms with Crippen LogP contribution in [-0.2, 0) is 11.2 Å². The van der Waals surface area contributed by atoms with Crippen molar-refractivity contribution in [2.45, 2.75) is 45.3 Å². The lowest BCUT2D eigenvalue weighted by Gasteiger charge is -2.22. The Morgan fingerprint density at radius 1 is 1.48 bits per heavy atom. The standard InChI is InChI=1S/C15H21N3O3/c1-15(2,3)21-14(19)17-12-8-7-9-10(12)5-4-6-11(9)13(16)18-20/h4-6,12,20H,7-8H2,1-3H3,(H2,16,18)(H,17,19)/t12-/m1/s1. The molecule has 6 nitrogen and oxygen atoms in total. The largest absolute Gasteiger partial charge is 0.444 e. The van der Waals surface area contributed by atoms with Gasteiger partial charge in [-0.25, -0.2) is 4.79 Å². The Morgan fingerprint density at radius 2 is 2.19 bits per heavy atom. The van der Waals surface area contributed by atoms with Gasteiger partial charge < -0.3 is 21.0 Å². The second-order valence-electron chi connectivity index (χ2n) is 6.10. The number of nitrogens with one attached hydrogen (secondary N) is 1. The minimum atomic E-state index is -0.526. The summed E-state index contributed by atoms with van der Waals surface area (Å²) in [5.41, 5.74) is 7.87. The van der Waals surface area contributed by atoms with E-state index in [0.29, 0.717) is 5.56 Å². The molecule has 0 radical (unpaired) electrons. The number of carbonyl (C=O) groups is 1. The predicted octanol–water partition coefficient (Wildman–Crippen LogP) is 2.29. The van der Waals surface area contributed by atoms with Crippen molar-refractivity contribution in [3.8, 4) is 0 Å². The fourth-order valence-electron chi connectivity index (χ4n) is 2.55. The van der Waals surface area contributed by atoms with E-state index in [2.05, 4.69) is 10.5 Å². The highest BCUT2D eigenvalue weighted by molar-refractivity contribution is 5.98. The fraction of sp³-hybridized carbons (Fsp3) is 0.467. The van der Waals surface area contributed by atoms with E-state index in [-0.39, 0.29) is 11.9 Å². The molecule has 6 heteroatoms. The minimum absolute atomic E-state index is 0.0877. The van der Waals surface area contributed by atoms with Gasteiger partial charge in [-0.1, -0.05) is 23.4 Å². The first-order valence-electron chi connectivity index (χ1n) is 6.91. The Balaban J connectivity index is 2.18. The molecular weight excluding hydrogens is 270 g/mol. The molecule has 0 saturated heterocycles. The van der Waals surface area contributed by atoms with Crippen molar-refractivity contribution in [1.29, 1.82) is 0 Å². The first-order chi connectivity index (χ1) is 9.81. The molecule has 0 heterocycles. The van der Waals surface area contributed by atoms with Crippen molar-refractivity contribution in [1.82, 2.24) is 5.32 Å². The van der Waals surface area contributed by atoms with Crippen molar-refractivity contribution in [2.75, 3.05) is 0 Å². The van der Waals surface area contributed by atoms with Gasteiger partial charge in [0.25, 0.3) is 0 Å². The van der Waals surface area contributed by atoms with Crippen LogP contribution < -0.4 is 11.1 Å². The van der Waals surface area contributed by atoms with Gasteiger partial charge >= 0.3 is 6.09 Å². The van der Waals surface area contributed by atoms with Crippen LogP contribution in [0.25, 0.3) is 0 Å². The number of ether oxygens (including phenoxy) is 1. The lowest BCUT2D eigenvalue weighted by molar-refractivity contribution is 0.0503. The monoisotopic (exact) mass is 291 g/mol. The smallest absolute Gasteiger partial charge is 0.408 e. The molecule has 2 rings (SSSR count). The summed E-state index contributed by atoms with van der Waals surface area (Å²) >= 11 is 0. The van der Waals surface area contributed by atoms with Crippen LogP contribution in [0.5, 0.6) is 0 Å². The Hall–Kier alpha value is -2.24. The molecule has 0 saturated carbocycles. The molecule has 1 aliphatic rings. The van der Waals surface area contributed by atoms with Crippen molar-refractivity contribution >= 4 is 11.9 Å². The third-order valence-electron chi connectivity index (χ3n) is 3.35. The SMILES string of the molecule is CC(C)(C)OC(=O)N[C@@H]1CCc2c(/C(N)=N\O)cccc21. The molecule has 0 aromatic heterocycles. The van der Waals surface area contributed by atoms with E-state index < -0.39 is 11.7 Å². The number of amides is 1. The second-order valence-corrected chi connectivity index (χ2v) is 6.10. The Kier molecular flexibility index (Phi) is 4.06. The lowest BCUT2D eigenvalue weighted by atomic mass is 10.0. The van der Waals surface area contributed by atoms with Gasteiger partial charge in [-0.15, -0.1) is 0 Å². The average Bonchev–Trinajstić information content (AvgIpc) is 2.79. The Labute approximate surface area is 124 Å². The molecule has 114 valence electrons. The minimum Gasteiger partial charge on any atom is -0.444 e. The summed E-state index contributed by atoms with van der Waals surface area (Å²) in [5, 5.41) is 14.8. The highest BCUT2D eigenvalue weighted by atomic mass is 16.6. The summed E-state index contributed by atoms with van der Waals surface area (Å²) in [6, 6.07) is 5.48. The van der Waals surface area contributed by atoms with Crippen molar-refractivity contribution in [3.63, 3.8) is 0 Å². The number of nitrogens with two attached hydrogens (primary N) is 1. The van der Waals surface area contributed by atoms with Gasteiger partial charge in [-0.2, -0.15) is 0 Å². The fourth-order valence-corrected chi connectivity index (χ4v) is 2.55. The number of hydrogen-bond acceptors (Lipinski definition) is 4. The quantitative estimate of drug-likeness (QED) is 0.337. The molecule has 0 unspecified atom stereocenters. The summed E-state index contributed by atoms with van der Waals surface area (Å²) < 4.78 is 5.28. The van der Waals surface area contributed by atoms with Gasteiger partial charge in [0.15, 0.2) is 5.84 Å². The van der Waals surface area contributed by atoms with Crippen LogP contribution in [-0.4, -0.2) is 22.7 Å². The number of hydrogen-bond donors (Lipinski definition) is 3. The number of amidine groups is 1. The molecule has 1 aliphatic carbocycles. The molecule has 4 N–H and O–H groups in total. The van der Waals surface area contributed by atoms with E-state index in [4.69, 9.17) is 15.7 Å². The highest BCUT2D eigenvalue weighted by Crippen LogP contribution is 2.33. The summed E-state index contributed by atoms with van der Waals surface area (Å²) in [5.74, 6) is 0.0877. The van der Waals surface area contributed by atoms with Crippen LogP contribution in [0.15, 0.2) is 23.4 Å². The van der Waals surface area contributed by atoms with Gasteiger partial charge in [0.05, 0.1) is 6.04 Å². The number of alkyl carbamates (subject to hydrolysis) is 1. The molecule has 1 atom stereocenters. The number of oxime groups is 1. The molecule has 0 fully saturated rings. The van der Waals surface area contributed by atoms with Crippen LogP contribution in [0, 0.1) is 0 Å². The van der Waals surface area contributed by atoms with Crippen LogP contribution in [0.3, 0.4) is 0 Å². The average molecular weight is 291 g/mol. The summed E-state index contributed by atoms with van der Waals surface area (Å²) in [6.45, 7) is 5.48. The van der Waals surface area contributed by atoms with Gasteiger partial charge in [0.2, 0.25) is 0 Å². The van der Waals surface area contributed by atoms with Crippen molar-refractivity contribution in [2.24, 2.45) is 10.9 Å². The molecular formula is C15H21N3O3. The molecule has 1 aromatic carbocycles. The number of fused-ring (bicyclic) bond motifs is 1. The predicted molar refractivity (Wildman–Crippen MR) is 79.4 cm³/mol. The Morgan fingerprint density at radius 3 is 2.81 bits per heavy atom.